The number of amides is 3. The van der Waals surface area contributed by atoms with E-state index in [4.69, 9.17) is 0 Å². The third kappa shape index (κ3) is 6.85. The second-order valence-electron chi connectivity index (χ2n) is 5.18. The fourth-order valence-corrected chi connectivity index (χ4v) is 2.77. The van der Waals surface area contributed by atoms with Crippen LogP contribution in [0.2, 0.25) is 0 Å². The summed E-state index contributed by atoms with van der Waals surface area (Å²) in [6.45, 7) is 8.62. The Kier molecular flexibility index (Phi) is 7.80. The maximum absolute atomic E-state index is 11.8. The SMILES string of the molecule is CCC(C)Sc1ccc(NC(=O)NCCNC(C)=O)c(C)c1. The molecule has 0 aliphatic carbocycles. The number of carbonyl (C=O) groups is 2. The molecule has 5 nitrogen and oxygen atoms in total. The van der Waals surface area contributed by atoms with Gasteiger partial charge in [0.05, 0.1) is 0 Å². The average Bonchev–Trinajstić information content (AvgIpc) is 2.46. The third-order valence-corrected chi connectivity index (χ3v) is 4.40. The van der Waals surface area contributed by atoms with Gasteiger partial charge in [0.15, 0.2) is 0 Å². The van der Waals surface area contributed by atoms with Crippen molar-refractivity contribution < 1.29 is 9.59 Å². The topological polar surface area (TPSA) is 70.2 Å². The van der Waals surface area contributed by atoms with Crippen LogP contribution in [0.5, 0.6) is 0 Å². The molecule has 0 fully saturated rings. The van der Waals surface area contributed by atoms with Crippen molar-refractivity contribution in [2.24, 2.45) is 0 Å². The Hall–Kier alpha value is -1.69. The zero-order valence-corrected chi connectivity index (χ0v) is 14.5. The van der Waals surface area contributed by atoms with Gasteiger partial charge in [0.25, 0.3) is 0 Å². The Morgan fingerprint density at radius 1 is 1.23 bits per heavy atom. The number of thioether (sulfide) groups is 1. The van der Waals surface area contributed by atoms with Crippen molar-refractivity contribution >= 4 is 29.4 Å². The van der Waals surface area contributed by atoms with Crippen LogP contribution in [-0.2, 0) is 4.79 Å². The van der Waals surface area contributed by atoms with Crippen LogP contribution in [0.3, 0.4) is 0 Å². The predicted octanol–water partition coefficient (Wildman–Crippen LogP) is 3.14. The van der Waals surface area contributed by atoms with E-state index in [0.717, 1.165) is 17.7 Å². The molecular weight excluding hydrogens is 298 g/mol. The van der Waals surface area contributed by atoms with E-state index in [-0.39, 0.29) is 11.9 Å². The molecule has 1 unspecified atom stereocenters. The summed E-state index contributed by atoms with van der Waals surface area (Å²) in [5.74, 6) is -0.104. The van der Waals surface area contributed by atoms with Crippen molar-refractivity contribution in [2.75, 3.05) is 18.4 Å². The molecule has 0 aliphatic rings. The number of aryl methyl sites for hydroxylation is 1. The maximum Gasteiger partial charge on any atom is 0.319 e. The predicted molar refractivity (Wildman–Crippen MR) is 92.5 cm³/mol. The van der Waals surface area contributed by atoms with Gasteiger partial charge in [0, 0.05) is 35.8 Å². The zero-order chi connectivity index (χ0) is 16.5. The molecule has 1 aromatic rings. The first kappa shape index (κ1) is 18.4. The largest absolute Gasteiger partial charge is 0.355 e. The summed E-state index contributed by atoms with van der Waals surface area (Å²) < 4.78 is 0. The van der Waals surface area contributed by atoms with Crippen LogP contribution < -0.4 is 16.0 Å². The molecule has 0 saturated heterocycles. The summed E-state index contributed by atoms with van der Waals surface area (Å²) >= 11 is 1.84. The lowest BCUT2D eigenvalue weighted by atomic mass is 10.2. The molecule has 122 valence electrons. The molecule has 3 N–H and O–H groups in total. The Morgan fingerprint density at radius 3 is 2.50 bits per heavy atom. The maximum atomic E-state index is 11.8. The molecule has 6 heteroatoms. The zero-order valence-electron chi connectivity index (χ0n) is 13.7. The van der Waals surface area contributed by atoms with E-state index in [1.807, 2.05) is 30.8 Å². The van der Waals surface area contributed by atoms with Gasteiger partial charge < -0.3 is 16.0 Å². The highest BCUT2D eigenvalue weighted by molar-refractivity contribution is 7.99. The smallest absolute Gasteiger partial charge is 0.319 e. The lowest BCUT2D eigenvalue weighted by Gasteiger charge is -2.13. The highest BCUT2D eigenvalue weighted by Gasteiger charge is 2.07. The van der Waals surface area contributed by atoms with Crippen molar-refractivity contribution in [2.45, 2.75) is 44.3 Å². The Balaban J connectivity index is 2.48. The quantitative estimate of drug-likeness (QED) is 0.533. The van der Waals surface area contributed by atoms with Crippen LogP contribution in [0.25, 0.3) is 0 Å². The van der Waals surface area contributed by atoms with Gasteiger partial charge in [-0.3, -0.25) is 4.79 Å². The van der Waals surface area contributed by atoms with Gasteiger partial charge >= 0.3 is 6.03 Å². The minimum absolute atomic E-state index is 0.104. The van der Waals surface area contributed by atoms with Gasteiger partial charge in [-0.1, -0.05) is 13.8 Å². The molecule has 0 radical (unpaired) electrons. The number of rotatable bonds is 7. The first-order valence-electron chi connectivity index (χ1n) is 7.49. The Bertz CT molecular complexity index is 520. The number of hydrogen-bond donors (Lipinski definition) is 3. The molecule has 1 atom stereocenters. The second-order valence-corrected chi connectivity index (χ2v) is 6.69. The summed E-state index contributed by atoms with van der Waals surface area (Å²) in [5, 5.41) is 8.72. The molecule has 0 saturated carbocycles. The monoisotopic (exact) mass is 323 g/mol. The molecule has 22 heavy (non-hydrogen) atoms. The third-order valence-electron chi connectivity index (χ3n) is 3.14. The highest BCUT2D eigenvalue weighted by atomic mass is 32.2. The highest BCUT2D eigenvalue weighted by Crippen LogP contribution is 2.28. The van der Waals surface area contributed by atoms with E-state index in [2.05, 4.69) is 35.9 Å². The van der Waals surface area contributed by atoms with Gasteiger partial charge in [0.2, 0.25) is 5.91 Å². The fraction of sp³-hybridized carbons (Fsp3) is 0.500. The number of anilines is 1. The molecule has 0 heterocycles. The van der Waals surface area contributed by atoms with Crippen LogP contribution in [0.1, 0.15) is 32.8 Å². The summed E-state index contributed by atoms with van der Waals surface area (Å²) in [6, 6.07) is 5.77. The van der Waals surface area contributed by atoms with Crippen molar-refractivity contribution in [1.82, 2.24) is 10.6 Å². The molecular formula is C16H25N3O2S. The molecule has 1 aromatic carbocycles. The number of benzene rings is 1. The van der Waals surface area contributed by atoms with E-state index >= 15 is 0 Å². The normalized spacial score (nSPS) is 11.6. The first-order chi connectivity index (χ1) is 10.4. The number of hydrogen-bond acceptors (Lipinski definition) is 3. The number of nitrogens with one attached hydrogen (secondary N) is 3. The van der Waals surface area contributed by atoms with Crippen LogP contribution in [0, 0.1) is 6.92 Å². The van der Waals surface area contributed by atoms with E-state index < -0.39 is 0 Å². The van der Waals surface area contributed by atoms with Crippen LogP contribution in [-0.4, -0.2) is 30.3 Å². The minimum Gasteiger partial charge on any atom is -0.355 e. The molecule has 3 amide bonds. The lowest BCUT2D eigenvalue weighted by Crippen LogP contribution is -2.36. The van der Waals surface area contributed by atoms with Crippen molar-refractivity contribution in [3.05, 3.63) is 23.8 Å². The van der Waals surface area contributed by atoms with E-state index in [1.165, 1.54) is 11.8 Å². The van der Waals surface area contributed by atoms with Crippen LogP contribution in [0.15, 0.2) is 23.1 Å². The van der Waals surface area contributed by atoms with Gasteiger partial charge in [-0.25, -0.2) is 4.79 Å². The minimum atomic E-state index is -0.268. The molecule has 0 aliphatic heterocycles. The second kappa shape index (κ2) is 9.35. The van der Waals surface area contributed by atoms with E-state index in [9.17, 15) is 9.59 Å². The standard InChI is InChI=1S/C16H25N3O2S/c1-5-12(3)22-14-6-7-15(11(2)10-14)19-16(21)18-9-8-17-13(4)20/h6-7,10,12H,5,8-9H2,1-4H3,(H,17,20)(H2,18,19,21). The van der Waals surface area contributed by atoms with Crippen molar-refractivity contribution in [1.29, 1.82) is 0 Å². The van der Waals surface area contributed by atoms with Gasteiger partial charge in [0.1, 0.15) is 0 Å². The number of urea groups is 1. The molecule has 0 bridgehead atoms. The van der Waals surface area contributed by atoms with E-state index in [1.54, 1.807) is 0 Å². The molecule has 0 spiro atoms. The Labute approximate surface area is 136 Å². The summed E-state index contributed by atoms with van der Waals surface area (Å²) in [6.07, 6.45) is 1.13. The van der Waals surface area contributed by atoms with Gasteiger partial charge in [-0.2, -0.15) is 0 Å². The Morgan fingerprint density at radius 2 is 1.91 bits per heavy atom. The summed E-state index contributed by atoms with van der Waals surface area (Å²) in [7, 11) is 0. The average molecular weight is 323 g/mol. The van der Waals surface area contributed by atoms with Crippen molar-refractivity contribution in [3.63, 3.8) is 0 Å². The summed E-state index contributed by atoms with van der Waals surface area (Å²) in [4.78, 5) is 23.7. The molecule has 0 aromatic heterocycles. The van der Waals surface area contributed by atoms with Gasteiger partial charge in [-0.15, -0.1) is 11.8 Å². The van der Waals surface area contributed by atoms with Crippen LogP contribution >= 0.6 is 11.8 Å². The van der Waals surface area contributed by atoms with Crippen LogP contribution in [0.4, 0.5) is 10.5 Å². The lowest BCUT2D eigenvalue weighted by molar-refractivity contribution is -0.118. The van der Waals surface area contributed by atoms with Gasteiger partial charge in [-0.05, 0) is 37.1 Å². The van der Waals surface area contributed by atoms with Crippen molar-refractivity contribution in [3.8, 4) is 0 Å². The number of carbonyl (C=O) groups excluding carboxylic acids is 2. The fourth-order valence-electron chi connectivity index (χ4n) is 1.75. The molecule has 1 rings (SSSR count). The van der Waals surface area contributed by atoms with E-state index in [0.29, 0.717) is 18.3 Å². The summed E-state index contributed by atoms with van der Waals surface area (Å²) in [5.41, 5.74) is 1.83. The first-order valence-corrected chi connectivity index (χ1v) is 8.37.